The molecule has 0 amide bonds. The number of aryl methyl sites for hydroxylation is 2. The van der Waals surface area contributed by atoms with Gasteiger partial charge in [-0.05, 0) is 56.9 Å². The maximum atomic E-state index is 6.21. The van der Waals surface area contributed by atoms with Crippen molar-refractivity contribution in [2.45, 2.75) is 59.3 Å². The van der Waals surface area contributed by atoms with E-state index in [1.54, 1.807) is 11.3 Å². The second kappa shape index (κ2) is 5.56. The van der Waals surface area contributed by atoms with E-state index in [9.17, 15) is 0 Å². The third kappa shape index (κ3) is 2.66. The number of rotatable bonds is 2. The number of nitrogens with zero attached hydrogens (tertiary/aromatic N) is 2. The smallest absolute Gasteiger partial charge is 0.136 e. The summed E-state index contributed by atoms with van der Waals surface area (Å²) in [6.07, 6.45) is 5.01. The summed E-state index contributed by atoms with van der Waals surface area (Å²) in [6.45, 7) is 8.92. The third-order valence-corrected chi connectivity index (χ3v) is 6.25. The van der Waals surface area contributed by atoms with Crippen molar-refractivity contribution in [2.75, 3.05) is 5.73 Å². The van der Waals surface area contributed by atoms with Gasteiger partial charge < -0.3 is 5.73 Å². The first-order valence-electron chi connectivity index (χ1n) is 8.00. The van der Waals surface area contributed by atoms with Crippen LogP contribution < -0.4 is 5.73 Å². The summed E-state index contributed by atoms with van der Waals surface area (Å²) in [5.74, 6) is 3.80. The average Bonchev–Trinajstić information content (AvgIpc) is 2.74. The molecule has 2 aromatic rings. The Bertz CT molecular complexity index is 652. The van der Waals surface area contributed by atoms with Crippen LogP contribution in [-0.4, -0.2) is 9.97 Å². The quantitative estimate of drug-likeness (QED) is 0.865. The molecule has 1 fully saturated rings. The molecule has 0 aliphatic heterocycles. The molecule has 2 N–H and O–H groups in total. The molecule has 1 aliphatic carbocycles. The van der Waals surface area contributed by atoms with Gasteiger partial charge in [-0.25, -0.2) is 9.97 Å². The van der Waals surface area contributed by atoms with Crippen molar-refractivity contribution in [2.24, 2.45) is 11.8 Å². The van der Waals surface area contributed by atoms with Crippen molar-refractivity contribution in [1.82, 2.24) is 9.97 Å². The van der Waals surface area contributed by atoms with Crippen LogP contribution in [0.15, 0.2) is 0 Å². The maximum Gasteiger partial charge on any atom is 0.136 e. The summed E-state index contributed by atoms with van der Waals surface area (Å²) < 4.78 is 0. The third-order valence-electron chi connectivity index (χ3n) is 5.15. The van der Waals surface area contributed by atoms with Crippen LogP contribution >= 0.6 is 11.3 Å². The van der Waals surface area contributed by atoms with Gasteiger partial charge in [-0.3, -0.25) is 0 Å². The molecule has 1 saturated carbocycles. The predicted octanol–water partition coefficient (Wildman–Crippen LogP) is 4.82. The lowest BCUT2D eigenvalue weighted by Gasteiger charge is -2.30. The highest BCUT2D eigenvalue weighted by atomic mass is 32.1. The van der Waals surface area contributed by atoms with Crippen LogP contribution in [0.25, 0.3) is 10.2 Å². The first kappa shape index (κ1) is 14.8. The van der Waals surface area contributed by atoms with Gasteiger partial charge in [-0.15, -0.1) is 11.3 Å². The van der Waals surface area contributed by atoms with Crippen molar-refractivity contribution >= 4 is 27.4 Å². The number of fused-ring (bicyclic) bond motifs is 1. The summed E-state index contributed by atoms with van der Waals surface area (Å²) in [7, 11) is 0. The summed E-state index contributed by atoms with van der Waals surface area (Å²) in [5.41, 5.74) is 7.45. The van der Waals surface area contributed by atoms with E-state index in [1.165, 1.54) is 36.1 Å². The number of nitrogen functional groups attached to an aromatic ring is 1. The van der Waals surface area contributed by atoms with Crippen LogP contribution in [-0.2, 0) is 0 Å². The maximum absolute atomic E-state index is 6.21. The normalized spacial score (nSPS) is 23.1. The predicted molar refractivity (Wildman–Crippen MR) is 90.8 cm³/mol. The molecule has 0 atom stereocenters. The number of aromatic nitrogens is 2. The first-order valence-corrected chi connectivity index (χ1v) is 8.82. The van der Waals surface area contributed by atoms with Crippen LogP contribution in [0.5, 0.6) is 0 Å². The SMILES string of the molecule is Cc1sc2nc(C3CCC(C(C)C)CC3)nc(N)c2c1C. The standard InChI is InChI=1S/C17H25N3S/c1-9(2)12-5-7-13(8-6-12)16-19-15(18)14-10(3)11(4)21-17(14)20-16/h9,12-13H,5-8H2,1-4H3,(H2,18,19,20). The molecule has 0 spiro atoms. The van der Waals surface area contributed by atoms with Gasteiger partial charge in [0.25, 0.3) is 0 Å². The van der Waals surface area contributed by atoms with E-state index in [0.717, 1.165) is 27.9 Å². The van der Waals surface area contributed by atoms with Crippen LogP contribution in [0, 0.1) is 25.7 Å². The lowest BCUT2D eigenvalue weighted by atomic mass is 9.77. The summed E-state index contributed by atoms with van der Waals surface area (Å²) in [6, 6.07) is 0. The van der Waals surface area contributed by atoms with Crippen molar-refractivity contribution in [3.63, 3.8) is 0 Å². The van der Waals surface area contributed by atoms with Gasteiger partial charge in [-0.2, -0.15) is 0 Å². The Morgan fingerprint density at radius 3 is 2.38 bits per heavy atom. The van der Waals surface area contributed by atoms with Gasteiger partial charge in [0, 0.05) is 10.8 Å². The molecule has 114 valence electrons. The molecule has 0 radical (unpaired) electrons. The Morgan fingerprint density at radius 1 is 1.10 bits per heavy atom. The van der Waals surface area contributed by atoms with E-state index in [1.807, 2.05) is 0 Å². The van der Waals surface area contributed by atoms with Gasteiger partial charge in [0.2, 0.25) is 0 Å². The molecular weight excluding hydrogens is 278 g/mol. The van der Waals surface area contributed by atoms with Crippen molar-refractivity contribution in [3.05, 3.63) is 16.3 Å². The number of nitrogens with two attached hydrogens (primary N) is 1. The van der Waals surface area contributed by atoms with E-state index in [-0.39, 0.29) is 0 Å². The topological polar surface area (TPSA) is 51.8 Å². The number of thiophene rings is 1. The second-order valence-corrected chi connectivity index (χ2v) is 7.99. The number of hydrogen-bond acceptors (Lipinski definition) is 4. The Kier molecular flexibility index (Phi) is 3.91. The molecule has 3 rings (SSSR count). The zero-order valence-electron chi connectivity index (χ0n) is 13.4. The van der Waals surface area contributed by atoms with Crippen LogP contribution in [0.4, 0.5) is 5.82 Å². The number of hydrogen-bond donors (Lipinski definition) is 1. The molecular formula is C17H25N3S. The zero-order valence-corrected chi connectivity index (χ0v) is 14.3. The Hall–Kier alpha value is -1.16. The van der Waals surface area contributed by atoms with E-state index >= 15 is 0 Å². The molecule has 0 aromatic carbocycles. The van der Waals surface area contributed by atoms with Gasteiger partial charge in [0.05, 0.1) is 5.39 Å². The minimum Gasteiger partial charge on any atom is -0.383 e. The van der Waals surface area contributed by atoms with Crippen molar-refractivity contribution in [1.29, 1.82) is 0 Å². The molecule has 0 unspecified atom stereocenters. The minimum atomic E-state index is 0.495. The van der Waals surface area contributed by atoms with Crippen molar-refractivity contribution in [3.8, 4) is 0 Å². The molecule has 21 heavy (non-hydrogen) atoms. The highest BCUT2D eigenvalue weighted by Gasteiger charge is 2.26. The van der Waals surface area contributed by atoms with Crippen LogP contribution in [0.3, 0.4) is 0 Å². The fourth-order valence-electron chi connectivity index (χ4n) is 3.52. The van der Waals surface area contributed by atoms with Gasteiger partial charge >= 0.3 is 0 Å². The van der Waals surface area contributed by atoms with E-state index < -0.39 is 0 Å². The van der Waals surface area contributed by atoms with Crippen LogP contribution in [0.2, 0.25) is 0 Å². The lowest BCUT2D eigenvalue weighted by molar-refractivity contribution is 0.255. The fourth-order valence-corrected chi connectivity index (χ4v) is 4.57. The lowest BCUT2D eigenvalue weighted by Crippen LogP contribution is -2.19. The highest BCUT2D eigenvalue weighted by Crippen LogP contribution is 2.39. The molecule has 3 nitrogen and oxygen atoms in total. The summed E-state index contributed by atoms with van der Waals surface area (Å²) >= 11 is 1.75. The Morgan fingerprint density at radius 2 is 1.76 bits per heavy atom. The molecule has 4 heteroatoms. The van der Waals surface area contributed by atoms with Gasteiger partial charge in [0.1, 0.15) is 16.5 Å². The fraction of sp³-hybridized carbons (Fsp3) is 0.647. The average molecular weight is 303 g/mol. The summed E-state index contributed by atoms with van der Waals surface area (Å²) in [5, 5.41) is 1.07. The molecule has 1 aliphatic rings. The van der Waals surface area contributed by atoms with Gasteiger partial charge in [-0.1, -0.05) is 13.8 Å². The largest absolute Gasteiger partial charge is 0.383 e. The Balaban J connectivity index is 1.88. The summed E-state index contributed by atoms with van der Waals surface area (Å²) in [4.78, 5) is 11.8. The number of anilines is 1. The van der Waals surface area contributed by atoms with Crippen molar-refractivity contribution < 1.29 is 0 Å². The zero-order chi connectivity index (χ0) is 15.1. The molecule has 2 heterocycles. The molecule has 0 saturated heterocycles. The monoisotopic (exact) mass is 303 g/mol. The Labute approximate surface area is 131 Å². The first-order chi connectivity index (χ1) is 9.97. The highest BCUT2D eigenvalue weighted by molar-refractivity contribution is 7.18. The van der Waals surface area contributed by atoms with E-state index in [2.05, 4.69) is 32.7 Å². The second-order valence-electron chi connectivity index (χ2n) is 6.79. The van der Waals surface area contributed by atoms with Gasteiger partial charge in [0.15, 0.2) is 0 Å². The minimum absolute atomic E-state index is 0.495. The van der Waals surface area contributed by atoms with E-state index in [4.69, 9.17) is 10.7 Å². The van der Waals surface area contributed by atoms with Crippen LogP contribution in [0.1, 0.15) is 61.7 Å². The van der Waals surface area contributed by atoms with E-state index in [0.29, 0.717) is 11.7 Å². The molecule has 0 bridgehead atoms. The molecule has 2 aromatic heterocycles.